The highest BCUT2D eigenvalue weighted by Crippen LogP contribution is 2.40. The molecule has 1 unspecified atom stereocenters. The van der Waals surface area contributed by atoms with E-state index in [1.54, 1.807) is 39.0 Å². The highest BCUT2D eigenvalue weighted by molar-refractivity contribution is 5.70. The summed E-state index contributed by atoms with van der Waals surface area (Å²) in [7, 11) is 0. The number of ether oxygens (including phenoxy) is 4. The molecule has 3 aliphatic rings. The Kier molecular flexibility index (Phi) is 23.3. The van der Waals surface area contributed by atoms with Gasteiger partial charge in [0.1, 0.15) is 12.2 Å². The fourth-order valence-corrected chi connectivity index (χ4v) is 8.10. The number of aliphatic hydroxyl groups excluding tert-OH is 8. The van der Waals surface area contributed by atoms with Crippen molar-refractivity contribution in [3.05, 3.63) is 85.1 Å². The van der Waals surface area contributed by atoms with Crippen LogP contribution in [0, 0.1) is 23.7 Å². The summed E-state index contributed by atoms with van der Waals surface area (Å²) in [6.45, 7) is 10.9. The van der Waals surface area contributed by atoms with Gasteiger partial charge in [0.15, 0.2) is 12.1 Å². The molecule has 0 radical (unpaired) electrons. The Morgan fingerprint density at radius 3 is 1.79 bits per heavy atom. The molecule has 3 rings (SSSR count). The molecule has 15 heteroatoms. The van der Waals surface area contributed by atoms with Crippen LogP contribution in [0.4, 0.5) is 0 Å². The van der Waals surface area contributed by atoms with Crippen LogP contribution in [0.2, 0.25) is 0 Å². The van der Waals surface area contributed by atoms with Gasteiger partial charge in [-0.25, -0.2) is 0 Å². The zero-order valence-corrected chi connectivity index (χ0v) is 37.8. The molecule has 19 atom stereocenters. The Morgan fingerprint density at radius 1 is 0.619 bits per heavy atom. The van der Waals surface area contributed by atoms with Crippen molar-refractivity contribution in [2.24, 2.45) is 29.4 Å². The summed E-state index contributed by atoms with van der Waals surface area (Å²) in [5.41, 5.74) is 6.09. The lowest BCUT2D eigenvalue weighted by Gasteiger charge is -2.46. The van der Waals surface area contributed by atoms with Crippen LogP contribution in [0.15, 0.2) is 85.1 Å². The molecule has 3 aliphatic heterocycles. The maximum absolute atomic E-state index is 12.6. The molecule has 0 amide bonds. The SMILES string of the molecule is C[C@@H]1[C@H](O)[C@@H](C)/C=C/C=C/C=C/C=C/C=C/C=C/C=C/[C@H](OC2O[C@H](C)[C@@H](O)[C@H](N)[C@@H]2O)C[C@@H]2O[C@](O)(C[C@@H](O)C[C@@H](O)[C@H](O)CC[C@@H](O)C[C@@H](O)CC(=O)O[C@H]1C)C[C@H](C)[C@H]2C. The van der Waals surface area contributed by atoms with E-state index in [2.05, 4.69) is 0 Å². The van der Waals surface area contributed by atoms with Crippen molar-refractivity contribution in [1.29, 1.82) is 0 Å². The van der Waals surface area contributed by atoms with Gasteiger partial charge in [-0.2, -0.15) is 0 Å². The average molecular weight is 892 g/mol. The molecule has 0 aromatic rings. The van der Waals surface area contributed by atoms with E-state index >= 15 is 0 Å². The molecule has 11 N–H and O–H groups in total. The summed E-state index contributed by atoms with van der Waals surface area (Å²) < 4.78 is 23.9. The number of allylic oxidation sites excluding steroid dienone is 12. The van der Waals surface area contributed by atoms with Crippen LogP contribution in [-0.4, -0.2) is 143 Å². The minimum absolute atomic E-state index is 0.0172. The summed E-state index contributed by atoms with van der Waals surface area (Å²) in [6, 6.07) is -1.01. The van der Waals surface area contributed by atoms with Crippen LogP contribution in [0.5, 0.6) is 0 Å². The van der Waals surface area contributed by atoms with E-state index in [9.17, 15) is 50.8 Å². The third-order valence-electron chi connectivity index (χ3n) is 12.5. The predicted molar refractivity (Wildman–Crippen MR) is 238 cm³/mol. The first-order valence-corrected chi connectivity index (χ1v) is 22.5. The third-order valence-corrected chi connectivity index (χ3v) is 12.5. The van der Waals surface area contributed by atoms with Crippen LogP contribution in [-0.2, 0) is 23.7 Å². The zero-order chi connectivity index (χ0) is 46.9. The third kappa shape index (κ3) is 18.5. The smallest absolute Gasteiger partial charge is 0.308 e. The number of nitrogens with two attached hydrogens (primary N) is 1. The summed E-state index contributed by atoms with van der Waals surface area (Å²) in [5.74, 6) is -3.30. The van der Waals surface area contributed by atoms with Gasteiger partial charge in [-0.05, 0) is 44.9 Å². The van der Waals surface area contributed by atoms with Gasteiger partial charge in [0.25, 0.3) is 0 Å². The molecule has 0 aromatic heterocycles. The number of hydrogen-bond donors (Lipinski definition) is 10. The fraction of sp³-hybridized carbons (Fsp3) is 0.688. The van der Waals surface area contributed by atoms with Crippen molar-refractivity contribution in [3.63, 3.8) is 0 Å². The second-order valence-electron chi connectivity index (χ2n) is 18.0. The summed E-state index contributed by atoms with van der Waals surface area (Å²) in [4.78, 5) is 12.6. The largest absolute Gasteiger partial charge is 0.462 e. The number of cyclic esters (lactones) is 1. The first kappa shape index (κ1) is 54.5. The van der Waals surface area contributed by atoms with E-state index < -0.39 is 103 Å². The van der Waals surface area contributed by atoms with Crippen LogP contribution in [0.1, 0.15) is 92.9 Å². The van der Waals surface area contributed by atoms with Crippen molar-refractivity contribution in [1.82, 2.24) is 0 Å². The molecule has 2 saturated heterocycles. The molecule has 0 spiro atoms. The summed E-state index contributed by atoms with van der Waals surface area (Å²) in [5, 5.41) is 97.4. The fourth-order valence-electron chi connectivity index (χ4n) is 8.10. The lowest BCUT2D eigenvalue weighted by atomic mass is 9.79. The molecule has 2 fully saturated rings. The number of rotatable bonds is 2. The number of fused-ring (bicyclic) bond motifs is 2. The van der Waals surface area contributed by atoms with E-state index in [1.807, 2.05) is 87.6 Å². The zero-order valence-electron chi connectivity index (χ0n) is 37.8. The van der Waals surface area contributed by atoms with Gasteiger partial charge in [-0.1, -0.05) is 113 Å². The molecule has 0 aliphatic carbocycles. The van der Waals surface area contributed by atoms with Gasteiger partial charge in [0.2, 0.25) is 0 Å². The van der Waals surface area contributed by atoms with Gasteiger partial charge >= 0.3 is 5.97 Å². The first-order valence-electron chi connectivity index (χ1n) is 22.5. The van der Waals surface area contributed by atoms with E-state index in [0.29, 0.717) is 0 Å². The molecule has 2 bridgehead atoms. The Balaban J connectivity index is 1.81. The first-order chi connectivity index (χ1) is 29.7. The quantitative estimate of drug-likeness (QED) is 0.179. The minimum atomic E-state index is -1.80. The minimum Gasteiger partial charge on any atom is -0.462 e. The van der Waals surface area contributed by atoms with Gasteiger partial charge in [-0.15, -0.1) is 0 Å². The molecule has 0 aromatic carbocycles. The molecule has 63 heavy (non-hydrogen) atoms. The van der Waals surface area contributed by atoms with Crippen LogP contribution in [0.3, 0.4) is 0 Å². The van der Waals surface area contributed by atoms with Crippen molar-refractivity contribution in [2.45, 2.75) is 184 Å². The van der Waals surface area contributed by atoms with Crippen LogP contribution < -0.4 is 5.73 Å². The summed E-state index contributed by atoms with van der Waals surface area (Å²) in [6.07, 6.45) is 11.3. The molecule has 15 nitrogen and oxygen atoms in total. The Morgan fingerprint density at radius 2 is 1.19 bits per heavy atom. The normalized spacial score (nSPS) is 46.6. The van der Waals surface area contributed by atoms with Gasteiger partial charge < -0.3 is 70.6 Å². The highest BCUT2D eigenvalue weighted by Gasteiger charge is 2.46. The van der Waals surface area contributed by atoms with Crippen LogP contribution >= 0.6 is 0 Å². The molecular weight excluding hydrogens is 815 g/mol. The topological polar surface area (TPSA) is 262 Å². The number of hydrogen-bond acceptors (Lipinski definition) is 15. The van der Waals surface area contributed by atoms with Crippen molar-refractivity contribution >= 4 is 5.97 Å². The maximum Gasteiger partial charge on any atom is 0.308 e. The van der Waals surface area contributed by atoms with E-state index in [0.717, 1.165) is 0 Å². The second-order valence-corrected chi connectivity index (χ2v) is 18.0. The molecule has 3 heterocycles. The molecular formula is C48H77NO14. The number of aliphatic hydroxyl groups is 9. The lowest BCUT2D eigenvalue weighted by Crippen LogP contribution is -2.61. The standard InChI is InChI=1S/C48H77NO14/c1-29-19-17-15-13-11-9-7-8-10-12-14-16-18-20-38(62-47-46(58)43(49)45(57)34(6)61-47)26-41-31(3)30(2)27-48(59,63-41)28-37(52)24-40(54)39(53)22-21-35(50)23-36(51)25-42(55)60-33(5)32(4)44(29)56/h7-20,29-41,43-47,50-54,56-59H,21-28,49H2,1-6H3/b8-7+,11-9+,12-10+,15-13+,16-14+,19-17+,20-18+/t29-,30-,31+,32-,33-,34+,35+,36+,37-,38-,39+,40+,41-,43-,44+,45+,46-,47?,48-/m0/s1. The molecule has 0 saturated carbocycles. The van der Waals surface area contributed by atoms with Crippen molar-refractivity contribution in [3.8, 4) is 0 Å². The van der Waals surface area contributed by atoms with Crippen molar-refractivity contribution < 1.29 is 69.7 Å². The Hall–Kier alpha value is -2.87. The van der Waals surface area contributed by atoms with E-state index in [-0.39, 0.29) is 69.1 Å². The van der Waals surface area contributed by atoms with E-state index in [4.69, 9.17) is 24.7 Å². The Labute approximate surface area is 373 Å². The van der Waals surface area contributed by atoms with Gasteiger partial charge in [-0.3, -0.25) is 4.79 Å². The molecule has 358 valence electrons. The number of esters is 1. The predicted octanol–water partition coefficient (Wildman–Crippen LogP) is 2.92. The Bertz CT molecular complexity index is 1560. The monoisotopic (exact) mass is 892 g/mol. The van der Waals surface area contributed by atoms with Crippen LogP contribution in [0.25, 0.3) is 0 Å². The second kappa shape index (κ2) is 26.9. The van der Waals surface area contributed by atoms with Gasteiger partial charge in [0.05, 0.1) is 73.5 Å². The number of carbonyl (C=O) groups is 1. The van der Waals surface area contributed by atoms with Crippen molar-refractivity contribution in [2.75, 3.05) is 0 Å². The number of carbonyl (C=O) groups excluding carboxylic acids is 1. The van der Waals surface area contributed by atoms with E-state index in [1.165, 1.54) is 0 Å². The maximum atomic E-state index is 12.6. The summed E-state index contributed by atoms with van der Waals surface area (Å²) >= 11 is 0. The highest BCUT2D eigenvalue weighted by atomic mass is 16.7. The average Bonchev–Trinajstić information content (AvgIpc) is 3.21. The van der Waals surface area contributed by atoms with Gasteiger partial charge in [0, 0.05) is 37.5 Å². The lowest BCUT2D eigenvalue weighted by molar-refractivity contribution is -0.302.